The molecule has 0 radical (unpaired) electrons. The second kappa shape index (κ2) is 6.34. The van der Waals surface area contributed by atoms with Gasteiger partial charge in [0.15, 0.2) is 0 Å². The third-order valence-electron chi connectivity index (χ3n) is 3.25. The van der Waals surface area contributed by atoms with Crippen molar-refractivity contribution in [3.05, 3.63) is 59.9 Å². The van der Waals surface area contributed by atoms with Gasteiger partial charge in [0, 0.05) is 37.6 Å². The summed E-state index contributed by atoms with van der Waals surface area (Å²) in [4.78, 5) is 6.52. The summed E-state index contributed by atoms with van der Waals surface area (Å²) < 4.78 is 0. The molecule has 0 amide bonds. The number of likely N-dealkylation sites (N-methyl/N-ethyl adjacent to an activating group) is 1. The van der Waals surface area contributed by atoms with Crippen molar-refractivity contribution in [2.24, 2.45) is 0 Å². The van der Waals surface area contributed by atoms with Crippen LogP contribution in [0, 0.1) is 0 Å². The molecular weight excluding hydrogens is 236 g/mol. The van der Waals surface area contributed by atoms with E-state index in [0.29, 0.717) is 0 Å². The highest BCUT2D eigenvalue weighted by atomic mass is 16.3. The molecule has 0 spiro atoms. The van der Waals surface area contributed by atoms with Crippen LogP contribution in [0.2, 0.25) is 0 Å². The third-order valence-corrected chi connectivity index (χ3v) is 3.25. The summed E-state index contributed by atoms with van der Waals surface area (Å²) in [5.74, 6) is 0. The minimum atomic E-state index is -0.409. The number of benzene rings is 1. The zero-order valence-electron chi connectivity index (χ0n) is 11.5. The maximum absolute atomic E-state index is 9.48. The van der Waals surface area contributed by atoms with Crippen molar-refractivity contribution < 1.29 is 5.11 Å². The molecule has 1 atom stereocenters. The fraction of sp³-hybridized carbons (Fsp3) is 0.312. The van der Waals surface area contributed by atoms with Crippen molar-refractivity contribution in [1.29, 1.82) is 0 Å². The topological polar surface area (TPSA) is 36.4 Å². The highest BCUT2D eigenvalue weighted by molar-refractivity contribution is 5.47. The van der Waals surface area contributed by atoms with Crippen LogP contribution in [0.15, 0.2) is 48.7 Å². The van der Waals surface area contributed by atoms with Crippen molar-refractivity contribution in [2.45, 2.75) is 19.4 Å². The third kappa shape index (κ3) is 3.80. The lowest BCUT2D eigenvalue weighted by atomic mass is 10.1. The summed E-state index contributed by atoms with van der Waals surface area (Å²) in [6, 6.07) is 14.0. The Morgan fingerprint density at radius 3 is 2.47 bits per heavy atom. The molecule has 1 heterocycles. The minimum Gasteiger partial charge on any atom is -0.389 e. The van der Waals surface area contributed by atoms with Gasteiger partial charge in [-0.2, -0.15) is 0 Å². The molecule has 1 N–H and O–H groups in total. The van der Waals surface area contributed by atoms with Crippen molar-refractivity contribution in [3.63, 3.8) is 0 Å². The van der Waals surface area contributed by atoms with Gasteiger partial charge in [-0.1, -0.05) is 18.2 Å². The first-order valence-electron chi connectivity index (χ1n) is 6.56. The predicted molar refractivity (Wildman–Crippen MR) is 78.3 cm³/mol. The van der Waals surface area contributed by atoms with Crippen LogP contribution in [0.4, 0.5) is 5.69 Å². The fourth-order valence-corrected chi connectivity index (χ4v) is 1.96. The van der Waals surface area contributed by atoms with Gasteiger partial charge in [-0.25, -0.2) is 0 Å². The molecule has 2 rings (SSSR count). The van der Waals surface area contributed by atoms with Gasteiger partial charge in [-0.3, -0.25) is 4.98 Å². The predicted octanol–water partition coefficient (Wildman–Crippen LogP) is 2.81. The molecule has 1 aromatic carbocycles. The van der Waals surface area contributed by atoms with Crippen molar-refractivity contribution >= 4 is 5.69 Å². The summed E-state index contributed by atoms with van der Waals surface area (Å²) >= 11 is 0. The normalized spacial score (nSPS) is 12.2. The summed E-state index contributed by atoms with van der Waals surface area (Å²) in [7, 11) is 2.07. The zero-order chi connectivity index (χ0) is 13.7. The SMILES string of the molecule is CC(O)c1ccc(N(C)CCc2ccccn2)cc1. The summed E-state index contributed by atoms with van der Waals surface area (Å²) in [5.41, 5.74) is 3.21. The van der Waals surface area contributed by atoms with Crippen molar-refractivity contribution in [1.82, 2.24) is 4.98 Å². The van der Waals surface area contributed by atoms with Crippen LogP contribution in [0.5, 0.6) is 0 Å². The molecule has 1 unspecified atom stereocenters. The van der Waals surface area contributed by atoms with E-state index in [9.17, 15) is 5.11 Å². The maximum atomic E-state index is 9.48. The van der Waals surface area contributed by atoms with Crippen LogP contribution in [-0.4, -0.2) is 23.7 Å². The Labute approximate surface area is 114 Å². The standard InChI is InChI=1S/C16H20N2O/c1-13(19)14-6-8-16(9-7-14)18(2)12-10-15-5-3-4-11-17-15/h3-9,11,13,19H,10,12H2,1-2H3. The molecule has 3 nitrogen and oxygen atoms in total. The van der Waals surface area contributed by atoms with E-state index in [2.05, 4.69) is 16.9 Å². The number of aromatic nitrogens is 1. The van der Waals surface area contributed by atoms with E-state index in [1.807, 2.05) is 48.7 Å². The lowest BCUT2D eigenvalue weighted by Crippen LogP contribution is -2.20. The highest BCUT2D eigenvalue weighted by Crippen LogP contribution is 2.18. The smallest absolute Gasteiger partial charge is 0.0761 e. The lowest BCUT2D eigenvalue weighted by Gasteiger charge is -2.19. The molecule has 1 aromatic heterocycles. The Balaban J connectivity index is 1.94. The average molecular weight is 256 g/mol. The molecule has 0 saturated heterocycles. The maximum Gasteiger partial charge on any atom is 0.0761 e. The van der Waals surface area contributed by atoms with Crippen LogP contribution in [0.1, 0.15) is 24.3 Å². The Morgan fingerprint density at radius 2 is 1.89 bits per heavy atom. The van der Waals surface area contributed by atoms with Crippen LogP contribution in [0.25, 0.3) is 0 Å². The number of rotatable bonds is 5. The summed E-state index contributed by atoms with van der Waals surface area (Å²) in [6.45, 7) is 2.70. The van der Waals surface area contributed by atoms with Gasteiger partial charge < -0.3 is 10.0 Å². The Morgan fingerprint density at radius 1 is 1.16 bits per heavy atom. The second-order valence-electron chi connectivity index (χ2n) is 4.76. The molecule has 0 saturated carbocycles. The average Bonchev–Trinajstić information content (AvgIpc) is 2.46. The molecule has 0 bridgehead atoms. The van der Waals surface area contributed by atoms with E-state index in [0.717, 1.165) is 29.9 Å². The molecular formula is C16H20N2O. The first kappa shape index (κ1) is 13.6. The number of anilines is 1. The van der Waals surface area contributed by atoms with Gasteiger partial charge in [0.05, 0.1) is 6.10 Å². The van der Waals surface area contributed by atoms with E-state index in [-0.39, 0.29) is 0 Å². The molecule has 2 aromatic rings. The first-order chi connectivity index (χ1) is 9.16. The molecule has 0 fully saturated rings. The highest BCUT2D eigenvalue weighted by Gasteiger charge is 2.04. The van der Waals surface area contributed by atoms with E-state index in [4.69, 9.17) is 0 Å². The fourth-order valence-electron chi connectivity index (χ4n) is 1.96. The molecule has 19 heavy (non-hydrogen) atoms. The quantitative estimate of drug-likeness (QED) is 0.893. The Bertz CT molecular complexity index is 494. The Hall–Kier alpha value is -1.87. The zero-order valence-corrected chi connectivity index (χ0v) is 11.5. The van der Waals surface area contributed by atoms with Crippen LogP contribution in [-0.2, 0) is 6.42 Å². The van der Waals surface area contributed by atoms with Crippen LogP contribution in [0.3, 0.4) is 0 Å². The van der Waals surface area contributed by atoms with Crippen LogP contribution >= 0.6 is 0 Å². The first-order valence-corrected chi connectivity index (χ1v) is 6.56. The number of aliphatic hydroxyl groups is 1. The van der Waals surface area contributed by atoms with Crippen molar-refractivity contribution in [3.8, 4) is 0 Å². The van der Waals surface area contributed by atoms with Gasteiger partial charge in [0.2, 0.25) is 0 Å². The molecule has 100 valence electrons. The van der Waals surface area contributed by atoms with E-state index in [1.165, 1.54) is 0 Å². The van der Waals surface area contributed by atoms with Gasteiger partial charge in [0.1, 0.15) is 0 Å². The summed E-state index contributed by atoms with van der Waals surface area (Å²) in [5, 5.41) is 9.48. The lowest BCUT2D eigenvalue weighted by molar-refractivity contribution is 0.199. The van der Waals surface area contributed by atoms with Crippen molar-refractivity contribution in [2.75, 3.05) is 18.5 Å². The monoisotopic (exact) mass is 256 g/mol. The number of nitrogens with zero attached hydrogens (tertiary/aromatic N) is 2. The van der Waals surface area contributed by atoms with E-state index in [1.54, 1.807) is 6.92 Å². The largest absolute Gasteiger partial charge is 0.389 e. The van der Waals surface area contributed by atoms with Gasteiger partial charge in [0.25, 0.3) is 0 Å². The van der Waals surface area contributed by atoms with E-state index < -0.39 is 6.10 Å². The molecule has 0 aliphatic heterocycles. The molecule has 0 aliphatic carbocycles. The van der Waals surface area contributed by atoms with Gasteiger partial charge in [-0.05, 0) is 36.8 Å². The summed E-state index contributed by atoms with van der Waals surface area (Å²) in [6.07, 6.45) is 2.34. The number of hydrogen-bond donors (Lipinski definition) is 1. The number of aliphatic hydroxyl groups excluding tert-OH is 1. The number of pyridine rings is 1. The second-order valence-corrected chi connectivity index (χ2v) is 4.76. The van der Waals surface area contributed by atoms with Gasteiger partial charge in [-0.15, -0.1) is 0 Å². The molecule has 0 aliphatic rings. The van der Waals surface area contributed by atoms with E-state index >= 15 is 0 Å². The Kier molecular flexibility index (Phi) is 4.53. The minimum absolute atomic E-state index is 0.409. The van der Waals surface area contributed by atoms with Crippen LogP contribution < -0.4 is 4.90 Å². The molecule has 3 heteroatoms. The number of hydrogen-bond acceptors (Lipinski definition) is 3. The van der Waals surface area contributed by atoms with Gasteiger partial charge >= 0.3 is 0 Å².